The molecular formula is C15H25N3O. The number of carbonyl (C=O) groups is 1. The summed E-state index contributed by atoms with van der Waals surface area (Å²) >= 11 is 0. The SMILES string of the molecule is CC1(C#N)CCN(CC(=O)N2CCCCCC2)CC1. The maximum Gasteiger partial charge on any atom is 0.236 e. The van der Waals surface area contributed by atoms with Gasteiger partial charge in [0.1, 0.15) is 0 Å². The smallest absolute Gasteiger partial charge is 0.236 e. The van der Waals surface area contributed by atoms with E-state index in [9.17, 15) is 4.79 Å². The summed E-state index contributed by atoms with van der Waals surface area (Å²) in [5.41, 5.74) is -0.178. The molecule has 4 heteroatoms. The van der Waals surface area contributed by atoms with Gasteiger partial charge in [-0.25, -0.2) is 0 Å². The molecule has 0 spiro atoms. The van der Waals surface area contributed by atoms with Crippen LogP contribution in [0.3, 0.4) is 0 Å². The fraction of sp³-hybridized carbons (Fsp3) is 0.867. The van der Waals surface area contributed by atoms with Gasteiger partial charge in [-0.15, -0.1) is 0 Å². The van der Waals surface area contributed by atoms with Crippen LogP contribution in [0.4, 0.5) is 0 Å². The second kappa shape index (κ2) is 6.38. The van der Waals surface area contributed by atoms with Crippen LogP contribution >= 0.6 is 0 Å². The Labute approximate surface area is 116 Å². The molecule has 0 aromatic rings. The molecule has 4 nitrogen and oxygen atoms in total. The minimum Gasteiger partial charge on any atom is -0.342 e. The lowest BCUT2D eigenvalue weighted by Crippen LogP contribution is -2.45. The van der Waals surface area contributed by atoms with Crippen molar-refractivity contribution in [3.8, 4) is 6.07 Å². The molecule has 0 saturated carbocycles. The Balaban J connectivity index is 1.78. The summed E-state index contributed by atoms with van der Waals surface area (Å²) in [5.74, 6) is 0.280. The summed E-state index contributed by atoms with van der Waals surface area (Å²) in [5, 5.41) is 9.11. The molecule has 0 atom stereocenters. The number of amides is 1. The molecule has 106 valence electrons. The van der Waals surface area contributed by atoms with Gasteiger partial charge in [0.25, 0.3) is 0 Å². The summed E-state index contributed by atoms with van der Waals surface area (Å²) in [7, 11) is 0. The minimum atomic E-state index is -0.178. The van der Waals surface area contributed by atoms with Crippen molar-refractivity contribution in [2.45, 2.75) is 45.4 Å². The second-order valence-electron chi connectivity index (χ2n) is 6.24. The van der Waals surface area contributed by atoms with E-state index in [4.69, 9.17) is 5.26 Å². The molecule has 2 fully saturated rings. The maximum atomic E-state index is 12.3. The largest absolute Gasteiger partial charge is 0.342 e. The summed E-state index contributed by atoms with van der Waals surface area (Å²) in [6.07, 6.45) is 6.59. The molecule has 0 radical (unpaired) electrons. The Morgan fingerprint density at radius 3 is 2.21 bits per heavy atom. The first kappa shape index (κ1) is 14.3. The molecule has 0 unspecified atom stereocenters. The van der Waals surface area contributed by atoms with E-state index in [2.05, 4.69) is 11.0 Å². The van der Waals surface area contributed by atoms with Crippen molar-refractivity contribution in [3.63, 3.8) is 0 Å². The number of hydrogen-bond acceptors (Lipinski definition) is 3. The molecule has 0 aromatic heterocycles. The topological polar surface area (TPSA) is 47.3 Å². The molecule has 2 aliphatic heterocycles. The van der Waals surface area contributed by atoms with Crippen molar-refractivity contribution in [2.75, 3.05) is 32.7 Å². The summed E-state index contributed by atoms with van der Waals surface area (Å²) in [6, 6.07) is 2.40. The standard InChI is InChI=1S/C15H25N3O/c1-15(13-16)6-10-17(11-7-15)12-14(19)18-8-4-2-3-5-9-18/h2-12H2,1H3. The number of carbonyl (C=O) groups excluding carboxylic acids is 1. The lowest BCUT2D eigenvalue weighted by atomic mass is 9.82. The molecule has 0 aromatic carbocycles. The highest BCUT2D eigenvalue weighted by Gasteiger charge is 2.31. The van der Waals surface area contributed by atoms with Gasteiger partial charge in [-0.1, -0.05) is 12.8 Å². The van der Waals surface area contributed by atoms with Crippen LogP contribution in [0, 0.1) is 16.7 Å². The van der Waals surface area contributed by atoms with Gasteiger partial charge >= 0.3 is 0 Å². The lowest BCUT2D eigenvalue weighted by Gasteiger charge is -2.35. The van der Waals surface area contributed by atoms with Crippen LogP contribution in [0.25, 0.3) is 0 Å². The number of nitriles is 1. The van der Waals surface area contributed by atoms with Gasteiger partial charge in [0, 0.05) is 26.2 Å². The molecule has 19 heavy (non-hydrogen) atoms. The van der Waals surface area contributed by atoms with Crippen LogP contribution in [-0.4, -0.2) is 48.4 Å². The van der Waals surface area contributed by atoms with Crippen molar-refractivity contribution in [1.29, 1.82) is 5.26 Å². The summed E-state index contributed by atoms with van der Waals surface area (Å²) < 4.78 is 0. The van der Waals surface area contributed by atoms with Crippen LogP contribution in [0.1, 0.15) is 45.4 Å². The number of rotatable bonds is 2. The highest BCUT2D eigenvalue weighted by molar-refractivity contribution is 5.78. The zero-order valence-electron chi connectivity index (χ0n) is 12.0. The van der Waals surface area contributed by atoms with Gasteiger partial charge in [-0.05, 0) is 32.6 Å². The molecule has 1 amide bonds. The first-order valence-corrected chi connectivity index (χ1v) is 7.54. The monoisotopic (exact) mass is 263 g/mol. The van der Waals surface area contributed by atoms with Gasteiger partial charge in [0.2, 0.25) is 5.91 Å². The average molecular weight is 263 g/mol. The fourth-order valence-corrected chi connectivity index (χ4v) is 2.93. The molecular weight excluding hydrogens is 238 g/mol. The van der Waals surface area contributed by atoms with Crippen LogP contribution in [-0.2, 0) is 4.79 Å². The quantitative estimate of drug-likeness (QED) is 0.765. The summed E-state index contributed by atoms with van der Waals surface area (Å²) in [4.78, 5) is 16.5. The molecule has 2 heterocycles. The van der Waals surface area contributed by atoms with E-state index in [1.165, 1.54) is 12.8 Å². The van der Waals surface area contributed by atoms with Crippen molar-refractivity contribution in [2.24, 2.45) is 5.41 Å². The van der Waals surface area contributed by atoms with Crippen LogP contribution in [0.15, 0.2) is 0 Å². The number of piperidine rings is 1. The number of likely N-dealkylation sites (tertiary alicyclic amines) is 2. The average Bonchev–Trinajstić information content (AvgIpc) is 2.70. The normalized spacial score (nSPS) is 24.5. The van der Waals surface area contributed by atoms with E-state index in [1.807, 2.05) is 11.8 Å². The van der Waals surface area contributed by atoms with E-state index in [0.29, 0.717) is 6.54 Å². The zero-order chi connectivity index (χ0) is 13.7. The van der Waals surface area contributed by atoms with E-state index < -0.39 is 0 Å². The third kappa shape index (κ3) is 3.94. The number of hydrogen-bond donors (Lipinski definition) is 0. The minimum absolute atomic E-state index is 0.178. The third-order valence-corrected chi connectivity index (χ3v) is 4.55. The Morgan fingerprint density at radius 1 is 1.11 bits per heavy atom. The van der Waals surface area contributed by atoms with E-state index in [0.717, 1.165) is 51.9 Å². The van der Waals surface area contributed by atoms with Crippen molar-refractivity contribution in [3.05, 3.63) is 0 Å². The first-order chi connectivity index (χ1) is 9.13. The molecule has 2 rings (SSSR count). The Kier molecular flexibility index (Phi) is 4.81. The highest BCUT2D eigenvalue weighted by atomic mass is 16.2. The Morgan fingerprint density at radius 2 is 1.68 bits per heavy atom. The van der Waals surface area contributed by atoms with Gasteiger partial charge < -0.3 is 4.90 Å². The first-order valence-electron chi connectivity index (χ1n) is 7.54. The van der Waals surface area contributed by atoms with Crippen LogP contribution in [0.5, 0.6) is 0 Å². The molecule has 0 bridgehead atoms. The van der Waals surface area contributed by atoms with E-state index in [-0.39, 0.29) is 11.3 Å². The van der Waals surface area contributed by atoms with Gasteiger partial charge in [0.15, 0.2) is 0 Å². The molecule has 0 aliphatic carbocycles. The number of nitrogens with zero attached hydrogens (tertiary/aromatic N) is 3. The lowest BCUT2D eigenvalue weighted by molar-refractivity contribution is -0.132. The Bertz CT molecular complexity index is 345. The Hall–Kier alpha value is -1.08. The van der Waals surface area contributed by atoms with Gasteiger partial charge in [-0.3, -0.25) is 9.69 Å². The van der Waals surface area contributed by atoms with Crippen LogP contribution < -0.4 is 0 Å². The van der Waals surface area contributed by atoms with Crippen molar-refractivity contribution >= 4 is 5.91 Å². The highest BCUT2D eigenvalue weighted by Crippen LogP contribution is 2.29. The predicted molar refractivity (Wildman–Crippen MR) is 74.4 cm³/mol. The van der Waals surface area contributed by atoms with Crippen molar-refractivity contribution < 1.29 is 4.79 Å². The van der Waals surface area contributed by atoms with Crippen LogP contribution in [0.2, 0.25) is 0 Å². The van der Waals surface area contributed by atoms with E-state index in [1.54, 1.807) is 0 Å². The predicted octanol–water partition coefficient (Wildman–Crippen LogP) is 2.01. The fourth-order valence-electron chi connectivity index (χ4n) is 2.93. The molecule has 2 aliphatic rings. The second-order valence-corrected chi connectivity index (χ2v) is 6.24. The molecule has 0 N–H and O–H groups in total. The zero-order valence-corrected chi connectivity index (χ0v) is 12.0. The maximum absolute atomic E-state index is 12.3. The summed E-state index contributed by atoms with van der Waals surface area (Å²) in [6.45, 7) is 6.20. The molecule has 2 saturated heterocycles. The van der Waals surface area contributed by atoms with Gasteiger partial charge in [0.05, 0.1) is 18.0 Å². The van der Waals surface area contributed by atoms with Gasteiger partial charge in [-0.2, -0.15) is 5.26 Å². The van der Waals surface area contributed by atoms with Crippen molar-refractivity contribution in [1.82, 2.24) is 9.80 Å². The third-order valence-electron chi connectivity index (χ3n) is 4.55. The van der Waals surface area contributed by atoms with E-state index >= 15 is 0 Å².